The third-order valence-corrected chi connectivity index (χ3v) is 3.06. The zero-order chi connectivity index (χ0) is 13.0. The van der Waals surface area contributed by atoms with Crippen LogP contribution in [0.15, 0.2) is 48.5 Å². The van der Waals surface area contributed by atoms with Gasteiger partial charge in [-0.2, -0.15) is 0 Å². The number of methoxy groups -OCH3 is 1. The highest BCUT2D eigenvalue weighted by atomic mass is 16.5. The minimum atomic E-state index is -0.581. The first-order chi connectivity index (χ1) is 8.72. The monoisotopic (exact) mass is 242 g/mol. The average molecular weight is 242 g/mol. The zero-order valence-corrected chi connectivity index (χ0v) is 10.8. The molecule has 0 aliphatic rings. The van der Waals surface area contributed by atoms with Gasteiger partial charge in [-0.05, 0) is 29.2 Å². The number of hydrogen-bond donors (Lipinski definition) is 1. The highest BCUT2D eigenvalue weighted by Crippen LogP contribution is 2.25. The van der Waals surface area contributed by atoms with Crippen molar-refractivity contribution in [2.24, 2.45) is 0 Å². The average Bonchev–Trinajstić information content (AvgIpc) is 2.39. The van der Waals surface area contributed by atoms with Gasteiger partial charge in [0.25, 0.3) is 0 Å². The molecule has 1 atom stereocenters. The van der Waals surface area contributed by atoms with Gasteiger partial charge in [0.05, 0.1) is 6.61 Å². The summed E-state index contributed by atoms with van der Waals surface area (Å²) in [5.41, 5.74) is 4.02. The van der Waals surface area contributed by atoms with E-state index in [4.69, 9.17) is 4.74 Å². The first-order valence-corrected chi connectivity index (χ1v) is 6.03. The molecule has 2 aromatic carbocycles. The summed E-state index contributed by atoms with van der Waals surface area (Å²) in [7, 11) is 1.67. The maximum absolute atomic E-state index is 10.4. The van der Waals surface area contributed by atoms with E-state index < -0.39 is 6.10 Å². The van der Waals surface area contributed by atoms with E-state index in [0.29, 0.717) is 6.61 Å². The molecule has 0 amide bonds. The van der Waals surface area contributed by atoms with Crippen molar-refractivity contribution in [2.45, 2.75) is 19.6 Å². The van der Waals surface area contributed by atoms with Crippen LogP contribution < -0.4 is 0 Å². The molecule has 2 aromatic rings. The van der Waals surface area contributed by atoms with E-state index in [9.17, 15) is 5.11 Å². The Balaban J connectivity index is 2.31. The molecule has 94 valence electrons. The molecule has 0 aliphatic heterocycles. The van der Waals surface area contributed by atoms with Crippen molar-refractivity contribution in [1.29, 1.82) is 0 Å². The SMILES string of the molecule is COCc1cccc(C(O)c2ccccc2C)c1. The van der Waals surface area contributed by atoms with Gasteiger partial charge < -0.3 is 9.84 Å². The number of rotatable bonds is 4. The van der Waals surface area contributed by atoms with Crippen LogP contribution in [0.5, 0.6) is 0 Å². The summed E-state index contributed by atoms with van der Waals surface area (Å²) >= 11 is 0. The zero-order valence-electron chi connectivity index (χ0n) is 10.8. The summed E-state index contributed by atoms with van der Waals surface area (Å²) in [6.45, 7) is 2.58. The fourth-order valence-corrected chi connectivity index (χ4v) is 2.09. The number of aliphatic hydroxyl groups is 1. The number of hydrogen-bond acceptors (Lipinski definition) is 2. The molecule has 0 aliphatic carbocycles. The molecule has 1 unspecified atom stereocenters. The Morgan fingerprint density at radius 2 is 1.89 bits per heavy atom. The summed E-state index contributed by atoms with van der Waals surface area (Å²) in [5, 5.41) is 10.4. The molecule has 0 saturated carbocycles. The summed E-state index contributed by atoms with van der Waals surface area (Å²) in [6, 6.07) is 15.8. The molecule has 0 radical (unpaired) electrons. The molecular weight excluding hydrogens is 224 g/mol. The lowest BCUT2D eigenvalue weighted by molar-refractivity contribution is 0.184. The van der Waals surface area contributed by atoms with Crippen molar-refractivity contribution in [3.63, 3.8) is 0 Å². The van der Waals surface area contributed by atoms with Gasteiger partial charge >= 0.3 is 0 Å². The number of ether oxygens (including phenoxy) is 1. The molecule has 0 aromatic heterocycles. The topological polar surface area (TPSA) is 29.5 Å². The predicted molar refractivity (Wildman–Crippen MR) is 72.4 cm³/mol. The third kappa shape index (κ3) is 2.78. The largest absolute Gasteiger partial charge is 0.384 e. The molecule has 18 heavy (non-hydrogen) atoms. The van der Waals surface area contributed by atoms with Crippen molar-refractivity contribution in [1.82, 2.24) is 0 Å². The van der Waals surface area contributed by atoms with Gasteiger partial charge in [0, 0.05) is 7.11 Å². The number of aliphatic hydroxyl groups excluding tert-OH is 1. The van der Waals surface area contributed by atoms with E-state index in [2.05, 4.69) is 0 Å². The Morgan fingerprint density at radius 3 is 2.61 bits per heavy atom. The molecule has 0 spiro atoms. The fourth-order valence-electron chi connectivity index (χ4n) is 2.09. The molecule has 2 rings (SSSR count). The molecule has 1 N–H and O–H groups in total. The van der Waals surface area contributed by atoms with E-state index in [1.54, 1.807) is 7.11 Å². The van der Waals surface area contributed by atoms with Crippen molar-refractivity contribution >= 4 is 0 Å². The molecule has 0 saturated heterocycles. The lowest BCUT2D eigenvalue weighted by Gasteiger charge is -2.15. The summed E-state index contributed by atoms with van der Waals surface area (Å²) in [6.07, 6.45) is -0.581. The summed E-state index contributed by atoms with van der Waals surface area (Å²) in [4.78, 5) is 0. The van der Waals surface area contributed by atoms with Gasteiger partial charge in [0.15, 0.2) is 0 Å². The summed E-state index contributed by atoms with van der Waals surface area (Å²) in [5.74, 6) is 0. The van der Waals surface area contributed by atoms with Gasteiger partial charge in [0.1, 0.15) is 6.10 Å². The minimum absolute atomic E-state index is 0.564. The number of aryl methyl sites for hydroxylation is 1. The Bertz CT molecular complexity index is 520. The normalized spacial score (nSPS) is 12.4. The van der Waals surface area contributed by atoms with Crippen LogP contribution in [0.25, 0.3) is 0 Å². The minimum Gasteiger partial charge on any atom is -0.384 e. The second-order valence-electron chi connectivity index (χ2n) is 4.44. The maximum atomic E-state index is 10.4. The standard InChI is InChI=1S/C16H18O2/c1-12-6-3-4-9-15(12)16(17)14-8-5-7-13(10-14)11-18-2/h3-10,16-17H,11H2,1-2H3. The smallest absolute Gasteiger partial charge is 0.104 e. The molecule has 2 nitrogen and oxygen atoms in total. The van der Waals surface area contributed by atoms with E-state index in [-0.39, 0.29) is 0 Å². The highest BCUT2D eigenvalue weighted by Gasteiger charge is 2.12. The fraction of sp³-hybridized carbons (Fsp3) is 0.250. The lowest BCUT2D eigenvalue weighted by atomic mass is 9.96. The van der Waals surface area contributed by atoms with Crippen molar-refractivity contribution in [2.75, 3.05) is 7.11 Å². The van der Waals surface area contributed by atoms with Crippen molar-refractivity contribution < 1.29 is 9.84 Å². The predicted octanol–water partition coefficient (Wildman–Crippen LogP) is 3.22. The maximum Gasteiger partial charge on any atom is 0.104 e. The Hall–Kier alpha value is -1.64. The van der Waals surface area contributed by atoms with Gasteiger partial charge in [-0.15, -0.1) is 0 Å². The molecule has 2 heteroatoms. The lowest BCUT2D eigenvalue weighted by Crippen LogP contribution is -2.02. The van der Waals surface area contributed by atoms with Crippen LogP contribution in [0, 0.1) is 6.92 Å². The van der Waals surface area contributed by atoms with Gasteiger partial charge in [-0.1, -0.05) is 48.5 Å². The van der Waals surface area contributed by atoms with Crippen molar-refractivity contribution in [3.8, 4) is 0 Å². The second kappa shape index (κ2) is 5.80. The van der Waals surface area contributed by atoms with Crippen LogP contribution >= 0.6 is 0 Å². The first-order valence-electron chi connectivity index (χ1n) is 6.03. The van der Waals surface area contributed by atoms with E-state index in [0.717, 1.165) is 22.3 Å². The Labute approximate surface area is 108 Å². The van der Waals surface area contributed by atoms with Crippen LogP contribution in [-0.2, 0) is 11.3 Å². The van der Waals surface area contributed by atoms with Crippen LogP contribution in [0.4, 0.5) is 0 Å². The van der Waals surface area contributed by atoms with Crippen LogP contribution in [0.1, 0.15) is 28.4 Å². The molecular formula is C16H18O2. The van der Waals surface area contributed by atoms with E-state index >= 15 is 0 Å². The van der Waals surface area contributed by atoms with Crippen molar-refractivity contribution in [3.05, 3.63) is 70.8 Å². The molecule has 0 fully saturated rings. The van der Waals surface area contributed by atoms with Crippen LogP contribution in [0.2, 0.25) is 0 Å². The number of benzene rings is 2. The second-order valence-corrected chi connectivity index (χ2v) is 4.44. The van der Waals surface area contributed by atoms with E-state index in [1.165, 1.54) is 0 Å². The van der Waals surface area contributed by atoms with E-state index in [1.807, 2.05) is 55.5 Å². The van der Waals surface area contributed by atoms with Crippen LogP contribution in [0.3, 0.4) is 0 Å². The molecule has 0 bridgehead atoms. The van der Waals surface area contributed by atoms with Gasteiger partial charge in [-0.25, -0.2) is 0 Å². The Morgan fingerprint density at radius 1 is 1.11 bits per heavy atom. The molecule has 0 heterocycles. The summed E-state index contributed by atoms with van der Waals surface area (Å²) < 4.78 is 5.11. The first kappa shape index (κ1) is 12.8. The third-order valence-electron chi connectivity index (χ3n) is 3.06. The van der Waals surface area contributed by atoms with Gasteiger partial charge in [-0.3, -0.25) is 0 Å². The quantitative estimate of drug-likeness (QED) is 0.892. The highest BCUT2D eigenvalue weighted by molar-refractivity contribution is 5.36. The van der Waals surface area contributed by atoms with Gasteiger partial charge in [0.2, 0.25) is 0 Å². The van der Waals surface area contributed by atoms with Crippen LogP contribution in [-0.4, -0.2) is 12.2 Å². The Kier molecular flexibility index (Phi) is 4.13.